The van der Waals surface area contributed by atoms with E-state index in [2.05, 4.69) is 126 Å². The molecular formula is C47H28N4. The van der Waals surface area contributed by atoms with E-state index in [-0.39, 0.29) is 0 Å². The van der Waals surface area contributed by atoms with Crippen molar-refractivity contribution in [3.05, 3.63) is 198 Å². The monoisotopic (exact) mass is 648 g/mol. The van der Waals surface area contributed by atoms with Crippen molar-refractivity contribution < 1.29 is 0 Å². The molecule has 0 unspecified atom stereocenters. The zero-order valence-electron chi connectivity index (χ0n) is 27.5. The molecule has 0 amide bonds. The maximum atomic E-state index is 9.43. The first-order valence-electron chi connectivity index (χ1n) is 17.1. The number of aromatic nitrogens is 3. The third-order valence-electron chi connectivity index (χ3n) is 10.5. The fourth-order valence-electron chi connectivity index (χ4n) is 8.30. The maximum absolute atomic E-state index is 9.43. The second kappa shape index (κ2) is 11.3. The van der Waals surface area contributed by atoms with E-state index in [1.807, 2.05) is 42.5 Å². The Hall–Kier alpha value is -6.96. The second-order valence-corrected chi connectivity index (χ2v) is 13.1. The molecule has 6 aromatic carbocycles. The predicted octanol–water partition coefficient (Wildman–Crippen LogP) is 10.8. The van der Waals surface area contributed by atoms with Crippen LogP contribution in [0.5, 0.6) is 0 Å². The lowest BCUT2D eigenvalue weighted by molar-refractivity contribution is 0.775. The van der Waals surface area contributed by atoms with Crippen LogP contribution < -0.4 is 0 Å². The van der Waals surface area contributed by atoms with Crippen molar-refractivity contribution in [1.29, 1.82) is 5.26 Å². The number of benzene rings is 6. The minimum absolute atomic E-state index is 0.538. The summed E-state index contributed by atoms with van der Waals surface area (Å²) in [5.41, 5.74) is 16.9. The summed E-state index contributed by atoms with van der Waals surface area (Å²) in [6, 6.07) is 58.0. The molecule has 236 valence electrons. The summed E-state index contributed by atoms with van der Waals surface area (Å²) in [5, 5.41) is 9.43. The Kier molecular flexibility index (Phi) is 6.43. The molecule has 0 fully saturated rings. The van der Waals surface area contributed by atoms with Gasteiger partial charge in [0.15, 0.2) is 5.82 Å². The largest absolute Gasteiger partial charge is 0.265 e. The highest BCUT2D eigenvalue weighted by Crippen LogP contribution is 2.61. The summed E-state index contributed by atoms with van der Waals surface area (Å²) >= 11 is 0. The van der Waals surface area contributed by atoms with Crippen LogP contribution in [0.2, 0.25) is 0 Å². The van der Waals surface area contributed by atoms with Crippen molar-refractivity contribution in [2.75, 3.05) is 0 Å². The van der Waals surface area contributed by atoms with Crippen LogP contribution in [-0.2, 0) is 5.41 Å². The summed E-state index contributed by atoms with van der Waals surface area (Å²) < 4.78 is 0. The lowest BCUT2D eigenvalue weighted by atomic mass is 9.66. The summed E-state index contributed by atoms with van der Waals surface area (Å²) in [6.45, 7) is 0. The van der Waals surface area contributed by atoms with Crippen LogP contribution in [0.3, 0.4) is 0 Å². The minimum Gasteiger partial charge on any atom is -0.265 e. The minimum atomic E-state index is -0.538. The van der Waals surface area contributed by atoms with Gasteiger partial charge < -0.3 is 0 Å². The van der Waals surface area contributed by atoms with Crippen LogP contribution in [0.4, 0.5) is 0 Å². The summed E-state index contributed by atoms with van der Waals surface area (Å²) in [7, 11) is 0. The number of fused-ring (bicyclic) bond motifs is 12. The van der Waals surface area contributed by atoms with Gasteiger partial charge in [0.05, 0.1) is 28.4 Å². The van der Waals surface area contributed by atoms with Crippen LogP contribution in [0.15, 0.2) is 170 Å². The van der Waals surface area contributed by atoms with Gasteiger partial charge in [-0.3, -0.25) is 4.98 Å². The van der Waals surface area contributed by atoms with Gasteiger partial charge >= 0.3 is 0 Å². The van der Waals surface area contributed by atoms with E-state index in [0.717, 1.165) is 33.6 Å². The first kappa shape index (κ1) is 29.0. The SMILES string of the molecule is N#Cc1ccc(-c2cc(-c3ccncc3)nc(-c3ccc4c(c3)-c3ccccc3-c3ccccc3C43c4ccccc4-c4ccccc43)n2)cc1. The number of hydrogen-bond donors (Lipinski definition) is 0. The second-order valence-electron chi connectivity index (χ2n) is 13.1. The molecule has 2 aliphatic rings. The Morgan fingerprint density at radius 2 is 0.863 bits per heavy atom. The highest BCUT2D eigenvalue weighted by atomic mass is 14.9. The third kappa shape index (κ3) is 4.29. The Bertz CT molecular complexity index is 2660. The zero-order chi connectivity index (χ0) is 33.9. The van der Waals surface area contributed by atoms with E-state index in [4.69, 9.17) is 9.97 Å². The Labute approximate surface area is 296 Å². The Morgan fingerprint density at radius 3 is 1.43 bits per heavy atom. The zero-order valence-corrected chi connectivity index (χ0v) is 27.5. The van der Waals surface area contributed by atoms with Crippen LogP contribution in [0.25, 0.3) is 67.3 Å². The smallest absolute Gasteiger partial charge is 0.160 e. The van der Waals surface area contributed by atoms with Gasteiger partial charge in [0.2, 0.25) is 0 Å². The molecule has 2 aliphatic carbocycles. The van der Waals surface area contributed by atoms with Gasteiger partial charge in [-0.05, 0) is 92.0 Å². The van der Waals surface area contributed by atoms with Crippen LogP contribution in [0, 0.1) is 11.3 Å². The molecule has 0 radical (unpaired) electrons. The number of rotatable bonds is 3. The predicted molar refractivity (Wildman–Crippen MR) is 203 cm³/mol. The molecule has 0 bridgehead atoms. The molecule has 1 spiro atoms. The highest BCUT2D eigenvalue weighted by molar-refractivity contribution is 5.98. The lowest BCUT2D eigenvalue weighted by Crippen LogP contribution is -2.29. The standard InChI is InChI=1S/C47H28N4/c48-29-30-17-19-31(20-18-30)44-28-45(32-23-25-49-26-24-32)51-46(50-44)33-21-22-43-39(27-33)35-10-2-1-9-34(35)36-11-3-6-14-40(36)47(43)41-15-7-4-12-37(41)38-13-5-8-16-42(38)47/h1-28H. The Morgan fingerprint density at radius 1 is 0.412 bits per heavy atom. The molecule has 0 N–H and O–H groups in total. The number of hydrogen-bond acceptors (Lipinski definition) is 4. The van der Waals surface area contributed by atoms with Crippen molar-refractivity contribution in [2.45, 2.75) is 5.41 Å². The van der Waals surface area contributed by atoms with E-state index >= 15 is 0 Å². The molecule has 8 aromatic rings. The molecule has 2 heterocycles. The summed E-state index contributed by atoms with van der Waals surface area (Å²) in [6.07, 6.45) is 3.57. The lowest BCUT2D eigenvalue weighted by Gasteiger charge is -2.35. The topological polar surface area (TPSA) is 62.5 Å². The number of nitrogens with zero attached hydrogens (tertiary/aromatic N) is 4. The van der Waals surface area contributed by atoms with Crippen molar-refractivity contribution in [1.82, 2.24) is 15.0 Å². The molecule has 10 rings (SSSR count). The fraction of sp³-hybridized carbons (Fsp3) is 0.0213. The average Bonchev–Trinajstić information content (AvgIpc) is 3.46. The molecule has 2 aromatic heterocycles. The summed E-state index contributed by atoms with van der Waals surface area (Å²) in [4.78, 5) is 14.6. The van der Waals surface area contributed by atoms with Crippen molar-refractivity contribution in [3.8, 4) is 73.4 Å². The molecule has 4 heteroatoms. The van der Waals surface area contributed by atoms with Crippen molar-refractivity contribution in [3.63, 3.8) is 0 Å². The van der Waals surface area contributed by atoms with E-state index in [0.29, 0.717) is 11.4 Å². The molecule has 0 atom stereocenters. The van der Waals surface area contributed by atoms with Crippen LogP contribution in [0.1, 0.15) is 27.8 Å². The van der Waals surface area contributed by atoms with Gasteiger partial charge in [-0.1, -0.05) is 121 Å². The first-order valence-corrected chi connectivity index (χ1v) is 17.1. The molecule has 51 heavy (non-hydrogen) atoms. The first-order chi connectivity index (χ1) is 25.2. The van der Waals surface area contributed by atoms with Gasteiger partial charge in [0.1, 0.15) is 0 Å². The quantitative estimate of drug-likeness (QED) is 0.191. The van der Waals surface area contributed by atoms with E-state index < -0.39 is 5.41 Å². The molecule has 0 saturated heterocycles. The van der Waals surface area contributed by atoms with E-state index in [1.165, 1.54) is 50.1 Å². The molecule has 0 saturated carbocycles. The van der Waals surface area contributed by atoms with Crippen LogP contribution >= 0.6 is 0 Å². The van der Waals surface area contributed by atoms with Gasteiger partial charge in [0, 0.05) is 29.1 Å². The summed E-state index contributed by atoms with van der Waals surface area (Å²) in [5.74, 6) is 0.631. The maximum Gasteiger partial charge on any atom is 0.160 e. The third-order valence-corrected chi connectivity index (χ3v) is 10.5. The fourth-order valence-corrected chi connectivity index (χ4v) is 8.30. The normalized spacial score (nSPS) is 12.8. The van der Waals surface area contributed by atoms with Gasteiger partial charge in [-0.15, -0.1) is 0 Å². The number of nitriles is 1. The van der Waals surface area contributed by atoms with Gasteiger partial charge in [0.25, 0.3) is 0 Å². The molecule has 4 nitrogen and oxygen atoms in total. The number of pyridine rings is 1. The van der Waals surface area contributed by atoms with Gasteiger partial charge in [-0.2, -0.15) is 5.26 Å². The van der Waals surface area contributed by atoms with Crippen LogP contribution in [-0.4, -0.2) is 15.0 Å². The van der Waals surface area contributed by atoms with E-state index in [9.17, 15) is 5.26 Å². The van der Waals surface area contributed by atoms with E-state index in [1.54, 1.807) is 12.4 Å². The van der Waals surface area contributed by atoms with Crippen molar-refractivity contribution >= 4 is 0 Å². The molecular weight excluding hydrogens is 621 g/mol. The van der Waals surface area contributed by atoms with Gasteiger partial charge in [-0.25, -0.2) is 9.97 Å². The average molecular weight is 649 g/mol. The Balaban J connectivity index is 1.28. The molecule has 0 aliphatic heterocycles. The van der Waals surface area contributed by atoms with Crippen molar-refractivity contribution in [2.24, 2.45) is 0 Å². The highest BCUT2D eigenvalue weighted by Gasteiger charge is 2.49.